The highest BCUT2D eigenvalue weighted by Crippen LogP contribution is 2.22. The van der Waals surface area contributed by atoms with Crippen LogP contribution in [0, 0.1) is 0 Å². The van der Waals surface area contributed by atoms with Crippen molar-refractivity contribution in [2.45, 2.75) is 0 Å². The van der Waals surface area contributed by atoms with E-state index in [1.807, 2.05) is 72.8 Å². The van der Waals surface area contributed by atoms with Crippen LogP contribution >= 0.6 is 0 Å². The van der Waals surface area contributed by atoms with Gasteiger partial charge in [-0.1, -0.05) is 72.8 Å². The van der Waals surface area contributed by atoms with Gasteiger partial charge in [0.15, 0.2) is 5.70 Å². The Morgan fingerprint density at radius 1 is 0.680 bits per heavy atom. The monoisotopic (exact) mass is 325 g/mol. The van der Waals surface area contributed by atoms with E-state index < -0.39 is 5.97 Å². The molecule has 0 amide bonds. The number of aliphatic imine (C=N–C) groups is 1. The molecule has 0 radical (unpaired) electrons. The van der Waals surface area contributed by atoms with Crippen LogP contribution in [0.5, 0.6) is 0 Å². The third kappa shape index (κ3) is 3.26. The molecular weight excluding hydrogens is 310 g/mol. The number of cyclic esters (lactones) is 1. The molecule has 0 fully saturated rings. The van der Waals surface area contributed by atoms with Gasteiger partial charge in [0, 0.05) is 5.56 Å². The number of carbonyl (C=O) groups excluding carboxylic acids is 1. The maximum Gasteiger partial charge on any atom is 0.363 e. The van der Waals surface area contributed by atoms with E-state index in [1.165, 1.54) is 0 Å². The van der Waals surface area contributed by atoms with Gasteiger partial charge in [0.05, 0.1) is 0 Å². The van der Waals surface area contributed by atoms with Crippen molar-refractivity contribution < 1.29 is 9.53 Å². The molecule has 4 rings (SSSR count). The Kier molecular flexibility index (Phi) is 3.97. The zero-order valence-electron chi connectivity index (χ0n) is 13.4. The molecule has 3 aromatic carbocycles. The summed E-state index contributed by atoms with van der Waals surface area (Å²) in [6, 6.07) is 27.6. The lowest BCUT2D eigenvalue weighted by Crippen LogP contribution is -2.04. The van der Waals surface area contributed by atoms with E-state index in [4.69, 9.17) is 4.74 Å². The van der Waals surface area contributed by atoms with E-state index in [0.29, 0.717) is 11.6 Å². The molecule has 0 bridgehead atoms. The first-order valence-corrected chi connectivity index (χ1v) is 8.03. The van der Waals surface area contributed by atoms with Gasteiger partial charge >= 0.3 is 5.97 Å². The fourth-order valence-corrected chi connectivity index (χ4v) is 2.67. The molecule has 3 heteroatoms. The summed E-state index contributed by atoms with van der Waals surface area (Å²) >= 11 is 0. The number of hydrogen-bond donors (Lipinski definition) is 0. The lowest BCUT2D eigenvalue weighted by molar-refractivity contribution is -0.129. The van der Waals surface area contributed by atoms with E-state index in [0.717, 1.165) is 22.3 Å². The van der Waals surface area contributed by atoms with Crippen LogP contribution in [-0.4, -0.2) is 11.9 Å². The largest absolute Gasteiger partial charge is 0.402 e. The summed E-state index contributed by atoms with van der Waals surface area (Å²) in [7, 11) is 0. The predicted molar refractivity (Wildman–Crippen MR) is 98.9 cm³/mol. The van der Waals surface area contributed by atoms with Gasteiger partial charge < -0.3 is 4.74 Å². The lowest BCUT2D eigenvalue weighted by atomic mass is 10.0. The first kappa shape index (κ1) is 15.1. The van der Waals surface area contributed by atoms with Gasteiger partial charge in [-0.15, -0.1) is 0 Å². The number of nitrogens with zero attached hydrogens (tertiary/aromatic N) is 1. The molecule has 3 aromatic rings. The topological polar surface area (TPSA) is 38.7 Å². The molecule has 0 atom stereocenters. The number of benzene rings is 3. The van der Waals surface area contributed by atoms with Crippen LogP contribution in [0.2, 0.25) is 0 Å². The third-order valence-electron chi connectivity index (χ3n) is 3.96. The van der Waals surface area contributed by atoms with Crippen LogP contribution in [-0.2, 0) is 9.53 Å². The fourth-order valence-electron chi connectivity index (χ4n) is 2.67. The molecule has 0 N–H and O–H groups in total. The Labute approximate surface area is 145 Å². The van der Waals surface area contributed by atoms with Crippen molar-refractivity contribution in [2.75, 3.05) is 0 Å². The number of carbonyl (C=O) groups is 1. The third-order valence-corrected chi connectivity index (χ3v) is 3.96. The van der Waals surface area contributed by atoms with Crippen molar-refractivity contribution in [3.05, 3.63) is 102 Å². The van der Waals surface area contributed by atoms with Crippen LogP contribution in [0.3, 0.4) is 0 Å². The summed E-state index contributed by atoms with van der Waals surface area (Å²) in [6.45, 7) is 0. The molecule has 0 aromatic heterocycles. The van der Waals surface area contributed by atoms with Crippen LogP contribution in [0.1, 0.15) is 11.1 Å². The van der Waals surface area contributed by atoms with Crippen molar-refractivity contribution in [1.82, 2.24) is 0 Å². The molecule has 0 aliphatic carbocycles. The first-order valence-electron chi connectivity index (χ1n) is 8.03. The maximum atomic E-state index is 12.0. The molecule has 25 heavy (non-hydrogen) atoms. The van der Waals surface area contributed by atoms with E-state index in [2.05, 4.69) is 17.1 Å². The quantitative estimate of drug-likeness (QED) is 0.517. The van der Waals surface area contributed by atoms with Crippen LogP contribution < -0.4 is 0 Å². The molecule has 0 saturated carbocycles. The van der Waals surface area contributed by atoms with Gasteiger partial charge in [0.25, 0.3) is 0 Å². The second kappa shape index (κ2) is 6.57. The molecule has 120 valence electrons. The van der Waals surface area contributed by atoms with Gasteiger partial charge in [-0.05, 0) is 34.9 Å². The summed E-state index contributed by atoms with van der Waals surface area (Å²) in [5, 5.41) is 0. The van der Waals surface area contributed by atoms with Gasteiger partial charge in [-0.3, -0.25) is 0 Å². The van der Waals surface area contributed by atoms with Crippen molar-refractivity contribution in [2.24, 2.45) is 4.99 Å². The zero-order chi connectivity index (χ0) is 17.1. The number of hydrogen-bond acceptors (Lipinski definition) is 3. The smallest absolute Gasteiger partial charge is 0.363 e. The number of esters is 1. The minimum absolute atomic E-state index is 0.311. The summed E-state index contributed by atoms with van der Waals surface area (Å²) in [4.78, 5) is 16.4. The lowest BCUT2D eigenvalue weighted by Gasteiger charge is -2.01. The van der Waals surface area contributed by atoms with E-state index >= 15 is 0 Å². The SMILES string of the molecule is O=C1OC(c2ccccc2)=NC1=Cc1ccc(-c2ccccc2)cc1. The molecule has 1 aliphatic rings. The van der Waals surface area contributed by atoms with E-state index in [1.54, 1.807) is 6.08 Å². The zero-order valence-corrected chi connectivity index (χ0v) is 13.4. The maximum absolute atomic E-state index is 12.0. The highest BCUT2D eigenvalue weighted by atomic mass is 16.6. The average molecular weight is 325 g/mol. The normalized spacial score (nSPS) is 15.1. The second-order valence-electron chi connectivity index (χ2n) is 5.69. The predicted octanol–water partition coefficient (Wildman–Crippen LogP) is 4.70. The highest BCUT2D eigenvalue weighted by Gasteiger charge is 2.23. The Morgan fingerprint density at radius 3 is 1.88 bits per heavy atom. The van der Waals surface area contributed by atoms with Crippen LogP contribution in [0.25, 0.3) is 17.2 Å². The van der Waals surface area contributed by atoms with E-state index in [-0.39, 0.29) is 0 Å². The van der Waals surface area contributed by atoms with Gasteiger partial charge in [-0.25, -0.2) is 9.79 Å². The Balaban J connectivity index is 1.60. The Bertz CT molecular complexity index is 956. The highest BCUT2D eigenvalue weighted by molar-refractivity contribution is 6.12. The minimum Gasteiger partial charge on any atom is -0.402 e. The molecule has 0 unspecified atom stereocenters. The second-order valence-corrected chi connectivity index (χ2v) is 5.69. The fraction of sp³-hybridized carbons (Fsp3) is 0. The van der Waals surface area contributed by atoms with Crippen molar-refractivity contribution >= 4 is 17.9 Å². The summed E-state index contributed by atoms with van der Waals surface area (Å²) < 4.78 is 5.27. The number of ether oxygens (including phenoxy) is 1. The van der Waals surface area contributed by atoms with Crippen LogP contribution in [0.4, 0.5) is 0 Å². The average Bonchev–Trinajstić information content (AvgIpc) is 3.04. The van der Waals surface area contributed by atoms with Crippen molar-refractivity contribution in [1.29, 1.82) is 0 Å². The molecule has 0 saturated heterocycles. The van der Waals surface area contributed by atoms with Crippen molar-refractivity contribution in [3.8, 4) is 11.1 Å². The van der Waals surface area contributed by atoms with Crippen molar-refractivity contribution in [3.63, 3.8) is 0 Å². The summed E-state index contributed by atoms with van der Waals surface area (Å²) in [5.41, 5.74) is 4.30. The molecular formula is C22H15NO2. The standard InChI is InChI=1S/C22H15NO2/c24-22-20(23-21(25-22)19-9-5-2-6-10-19)15-16-11-13-18(14-12-16)17-7-3-1-4-8-17/h1-15H. The Hall–Kier alpha value is -3.46. The molecule has 0 spiro atoms. The summed E-state index contributed by atoms with van der Waals surface area (Å²) in [6.07, 6.45) is 1.74. The number of rotatable bonds is 3. The van der Waals surface area contributed by atoms with E-state index in [9.17, 15) is 4.79 Å². The summed E-state index contributed by atoms with van der Waals surface area (Å²) in [5.74, 6) is -0.0799. The van der Waals surface area contributed by atoms with Crippen LogP contribution in [0.15, 0.2) is 95.6 Å². The van der Waals surface area contributed by atoms with Gasteiger partial charge in [-0.2, -0.15) is 0 Å². The first-order chi connectivity index (χ1) is 12.3. The van der Waals surface area contributed by atoms with Gasteiger partial charge in [0.1, 0.15) is 0 Å². The molecule has 1 aliphatic heterocycles. The Morgan fingerprint density at radius 2 is 1.24 bits per heavy atom. The van der Waals surface area contributed by atoms with Gasteiger partial charge in [0.2, 0.25) is 5.90 Å². The minimum atomic E-state index is -0.425. The molecule has 1 heterocycles. The molecule has 3 nitrogen and oxygen atoms in total.